The number of benzene rings is 1. The molecule has 4 heteroatoms. The molecule has 18 heavy (non-hydrogen) atoms. The summed E-state index contributed by atoms with van der Waals surface area (Å²) < 4.78 is 35.4. The lowest BCUT2D eigenvalue weighted by Gasteiger charge is -2.03. The number of hydrogen-bond donors (Lipinski definition) is 1. The van der Waals surface area contributed by atoms with Gasteiger partial charge in [0.25, 0.3) is 0 Å². The van der Waals surface area contributed by atoms with E-state index in [0.717, 1.165) is 17.8 Å². The SMILES string of the molecule is C=Cc1ccc(C)[nH]1.FC(F)(F)c1ccccc1. The molecule has 2 aromatic rings. The Hall–Kier alpha value is -1.97. The van der Waals surface area contributed by atoms with Gasteiger partial charge in [-0.3, -0.25) is 0 Å². The van der Waals surface area contributed by atoms with E-state index >= 15 is 0 Å². The Morgan fingerprint density at radius 3 is 1.94 bits per heavy atom. The van der Waals surface area contributed by atoms with Gasteiger partial charge in [0.15, 0.2) is 0 Å². The summed E-state index contributed by atoms with van der Waals surface area (Å²) >= 11 is 0. The second kappa shape index (κ2) is 6.10. The van der Waals surface area contributed by atoms with Gasteiger partial charge in [-0.05, 0) is 25.1 Å². The molecule has 0 aliphatic rings. The molecule has 0 atom stereocenters. The van der Waals surface area contributed by atoms with Crippen LogP contribution in [0.2, 0.25) is 0 Å². The van der Waals surface area contributed by atoms with Crippen LogP contribution in [0.5, 0.6) is 0 Å². The van der Waals surface area contributed by atoms with E-state index in [-0.39, 0.29) is 0 Å². The number of nitrogens with one attached hydrogen (secondary N) is 1. The van der Waals surface area contributed by atoms with E-state index in [4.69, 9.17) is 0 Å². The van der Waals surface area contributed by atoms with Crippen LogP contribution in [-0.4, -0.2) is 4.98 Å². The fraction of sp³-hybridized carbons (Fsp3) is 0.143. The van der Waals surface area contributed by atoms with Gasteiger partial charge in [0, 0.05) is 11.4 Å². The van der Waals surface area contributed by atoms with Gasteiger partial charge in [-0.15, -0.1) is 0 Å². The maximum atomic E-state index is 11.8. The molecule has 0 aliphatic heterocycles. The van der Waals surface area contributed by atoms with Crippen LogP contribution in [0.25, 0.3) is 6.08 Å². The second-order valence-corrected chi connectivity index (χ2v) is 3.66. The van der Waals surface area contributed by atoms with Gasteiger partial charge < -0.3 is 4.98 Å². The molecule has 96 valence electrons. The van der Waals surface area contributed by atoms with Crippen LogP contribution in [0, 0.1) is 6.92 Å². The molecular formula is C14H14F3N. The van der Waals surface area contributed by atoms with E-state index < -0.39 is 11.7 Å². The lowest BCUT2D eigenvalue weighted by molar-refractivity contribution is -0.137. The van der Waals surface area contributed by atoms with E-state index in [0.29, 0.717) is 0 Å². The first kappa shape index (κ1) is 14.1. The van der Waals surface area contributed by atoms with Crippen molar-refractivity contribution in [3.05, 3.63) is 66.0 Å². The summed E-state index contributed by atoms with van der Waals surface area (Å²) in [5, 5.41) is 0. The maximum absolute atomic E-state index is 11.8. The van der Waals surface area contributed by atoms with Gasteiger partial charge in [-0.1, -0.05) is 36.9 Å². The van der Waals surface area contributed by atoms with Crippen molar-refractivity contribution in [2.24, 2.45) is 0 Å². The molecule has 1 aromatic heterocycles. The van der Waals surface area contributed by atoms with Crippen molar-refractivity contribution in [3.63, 3.8) is 0 Å². The van der Waals surface area contributed by atoms with Crippen LogP contribution >= 0.6 is 0 Å². The van der Waals surface area contributed by atoms with Crippen LogP contribution in [0.15, 0.2) is 49.0 Å². The fourth-order valence-electron chi connectivity index (χ4n) is 1.27. The molecule has 2 rings (SSSR count). The van der Waals surface area contributed by atoms with Gasteiger partial charge in [-0.2, -0.15) is 13.2 Å². The first-order valence-electron chi connectivity index (χ1n) is 5.34. The Morgan fingerprint density at radius 1 is 1.06 bits per heavy atom. The smallest absolute Gasteiger partial charge is 0.359 e. The predicted molar refractivity (Wildman–Crippen MR) is 67.1 cm³/mol. The van der Waals surface area contributed by atoms with Crippen molar-refractivity contribution in [2.45, 2.75) is 13.1 Å². The molecule has 1 heterocycles. The van der Waals surface area contributed by atoms with Gasteiger partial charge >= 0.3 is 6.18 Å². The van der Waals surface area contributed by atoms with Gasteiger partial charge in [0.1, 0.15) is 0 Å². The van der Waals surface area contributed by atoms with E-state index in [9.17, 15) is 13.2 Å². The first-order chi connectivity index (χ1) is 8.43. The highest BCUT2D eigenvalue weighted by atomic mass is 19.4. The highest BCUT2D eigenvalue weighted by molar-refractivity contribution is 5.42. The molecule has 0 saturated heterocycles. The average Bonchev–Trinajstić information content (AvgIpc) is 2.76. The zero-order chi connectivity index (χ0) is 13.6. The quantitative estimate of drug-likeness (QED) is 0.760. The average molecular weight is 253 g/mol. The van der Waals surface area contributed by atoms with Crippen LogP contribution in [0.1, 0.15) is 17.0 Å². The summed E-state index contributed by atoms with van der Waals surface area (Å²) in [5.41, 5.74) is 1.66. The van der Waals surface area contributed by atoms with Crippen molar-refractivity contribution < 1.29 is 13.2 Å². The van der Waals surface area contributed by atoms with Crippen molar-refractivity contribution in [2.75, 3.05) is 0 Å². The minimum absolute atomic E-state index is 0.602. The molecule has 0 bridgehead atoms. The Balaban J connectivity index is 0.000000184. The number of aryl methyl sites for hydroxylation is 1. The van der Waals surface area contributed by atoms with Crippen LogP contribution < -0.4 is 0 Å². The third kappa shape index (κ3) is 4.49. The lowest BCUT2D eigenvalue weighted by Crippen LogP contribution is -2.03. The minimum atomic E-state index is -4.21. The highest BCUT2D eigenvalue weighted by Gasteiger charge is 2.29. The summed E-state index contributed by atoms with van der Waals surface area (Å²) in [6.07, 6.45) is -2.41. The molecule has 0 saturated carbocycles. The Labute approximate surface area is 104 Å². The van der Waals surface area contributed by atoms with Gasteiger partial charge in [0.2, 0.25) is 0 Å². The number of hydrogen-bond acceptors (Lipinski definition) is 0. The van der Waals surface area contributed by atoms with Crippen LogP contribution in [0.3, 0.4) is 0 Å². The summed E-state index contributed by atoms with van der Waals surface area (Å²) in [4.78, 5) is 3.11. The van der Waals surface area contributed by atoms with E-state index in [2.05, 4.69) is 11.6 Å². The third-order valence-corrected chi connectivity index (χ3v) is 2.18. The van der Waals surface area contributed by atoms with Crippen molar-refractivity contribution >= 4 is 6.08 Å². The van der Waals surface area contributed by atoms with E-state index in [1.54, 1.807) is 12.1 Å². The Kier molecular flexibility index (Phi) is 4.77. The summed E-state index contributed by atoms with van der Waals surface area (Å²) in [5.74, 6) is 0. The van der Waals surface area contributed by atoms with Crippen molar-refractivity contribution in [1.29, 1.82) is 0 Å². The standard InChI is InChI=1S/C7H5F3.C7H9N/c8-7(9,10)6-4-2-1-3-5-6;1-3-7-5-4-6(2)8-7/h1-5H;3-5,8H,1H2,2H3. The number of aromatic nitrogens is 1. The number of halogens is 3. The molecule has 0 spiro atoms. The number of H-pyrrole nitrogens is 1. The van der Waals surface area contributed by atoms with Crippen LogP contribution in [-0.2, 0) is 6.18 Å². The third-order valence-electron chi connectivity index (χ3n) is 2.18. The zero-order valence-electron chi connectivity index (χ0n) is 9.96. The van der Waals surface area contributed by atoms with Gasteiger partial charge in [0.05, 0.1) is 5.56 Å². The normalized spacial score (nSPS) is 10.4. The van der Waals surface area contributed by atoms with Crippen molar-refractivity contribution in [3.8, 4) is 0 Å². The number of aromatic amines is 1. The molecule has 0 aliphatic carbocycles. The van der Waals surface area contributed by atoms with Crippen molar-refractivity contribution in [1.82, 2.24) is 4.98 Å². The molecule has 1 N–H and O–H groups in total. The molecule has 1 nitrogen and oxygen atoms in total. The summed E-state index contributed by atoms with van der Waals surface area (Å²) in [6.45, 7) is 5.63. The molecular weight excluding hydrogens is 239 g/mol. The largest absolute Gasteiger partial charge is 0.416 e. The Morgan fingerprint density at radius 2 is 1.67 bits per heavy atom. The second-order valence-electron chi connectivity index (χ2n) is 3.66. The first-order valence-corrected chi connectivity index (χ1v) is 5.34. The number of alkyl halides is 3. The zero-order valence-corrected chi connectivity index (χ0v) is 9.96. The minimum Gasteiger partial charge on any atom is -0.359 e. The maximum Gasteiger partial charge on any atom is 0.416 e. The summed E-state index contributed by atoms with van der Waals surface area (Å²) in [6, 6.07) is 10.4. The van der Waals surface area contributed by atoms with E-state index in [1.165, 1.54) is 17.8 Å². The fourth-order valence-corrected chi connectivity index (χ4v) is 1.27. The van der Waals surface area contributed by atoms with E-state index in [1.807, 2.05) is 19.1 Å². The lowest BCUT2D eigenvalue weighted by atomic mass is 10.2. The van der Waals surface area contributed by atoms with Crippen LogP contribution in [0.4, 0.5) is 13.2 Å². The number of rotatable bonds is 1. The predicted octanol–water partition coefficient (Wildman–Crippen LogP) is 4.67. The molecule has 0 unspecified atom stereocenters. The molecule has 0 radical (unpaired) electrons. The molecule has 0 amide bonds. The Bertz CT molecular complexity index is 483. The monoisotopic (exact) mass is 253 g/mol. The molecule has 0 fully saturated rings. The summed E-state index contributed by atoms with van der Waals surface area (Å²) in [7, 11) is 0. The molecule has 1 aromatic carbocycles. The van der Waals surface area contributed by atoms with Gasteiger partial charge in [-0.25, -0.2) is 0 Å². The topological polar surface area (TPSA) is 15.8 Å². The highest BCUT2D eigenvalue weighted by Crippen LogP contribution is 2.28.